The normalized spacial score (nSPS) is 14.5. The van der Waals surface area contributed by atoms with Crippen LogP contribution in [0.2, 0.25) is 0 Å². The summed E-state index contributed by atoms with van der Waals surface area (Å²) < 4.78 is 26.4. The Bertz CT molecular complexity index is 939. The number of benzene rings is 2. The van der Waals surface area contributed by atoms with E-state index in [0.717, 1.165) is 31.2 Å². The fraction of sp³-hybridized carbons (Fsp3) is 0.350. The van der Waals surface area contributed by atoms with Crippen LogP contribution in [0, 0.1) is 0 Å². The highest BCUT2D eigenvalue weighted by molar-refractivity contribution is 7.89. The quantitative estimate of drug-likeness (QED) is 0.633. The number of sulfonamides is 1. The van der Waals surface area contributed by atoms with Gasteiger partial charge >= 0.3 is 0 Å². The molecule has 2 aromatic carbocycles. The Kier molecular flexibility index (Phi) is 5.82. The molecule has 7 heteroatoms. The molecule has 0 fully saturated rings. The molecule has 0 radical (unpaired) electrons. The smallest absolute Gasteiger partial charge is 0.242 e. The van der Waals surface area contributed by atoms with Crippen molar-refractivity contribution in [2.24, 2.45) is 4.99 Å². The van der Waals surface area contributed by atoms with Gasteiger partial charge in [-0.05, 0) is 36.6 Å². The summed E-state index contributed by atoms with van der Waals surface area (Å²) in [5.74, 6) is 0.777. The average molecular weight is 387 g/mol. The Morgan fingerprint density at radius 2 is 1.85 bits per heavy atom. The molecule has 0 amide bonds. The highest BCUT2D eigenvalue weighted by atomic mass is 32.2. The molecule has 0 saturated heterocycles. The molecule has 6 nitrogen and oxygen atoms in total. The van der Waals surface area contributed by atoms with E-state index in [4.69, 9.17) is 4.99 Å². The number of fused-ring (bicyclic) bond motifs is 1. The van der Waals surface area contributed by atoms with Gasteiger partial charge in [0, 0.05) is 32.9 Å². The van der Waals surface area contributed by atoms with Crippen molar-refractivity contribution in [2.45, 2.75) is 24.8 Å². The lowest BCUT2D eigenvalue weighted by Gasteiger charge is -2.22. The molecule has 2 aromatic rings. The van der Waals surface area contributed by atoms with Gasteiger partial charge in [-0.2, -0.15) is 0 Å². The van der Waals surface area contributed by atoms with E-state index < -0.39 is 10.0 Å². The fourth-order valence-electron chi connectivity index (χ4n) is 3.20. The molecule has 3 rings (SSSR count). The Labute approximate surface area is 161 Å². The lowest BCUT2D eigenvalue weighted by molar-refractivity contribution is 0.519. The van der Waals surface area contributed by atoms with Crippen LogP contribution in [0.15, 0.2) is 58.4 Å². The number of nitrogens with one attached hydrogen (secondary N) is 1. The van der Waals surface area contributed by atoms with E-state index in [0.29, 0.717) is 17.0 Å². The van der Waals surface area contributed by atoms with Crippen LogP contribution in [0.1, 0.15) is 18.1 Å². The number of hydrogen-bond acceptors (Lipinski definition) is 3. The summed E-state index contributed by atoms with van der Waals surface area (Å²) >= 11 is 0. The molecule has 0 saturated carbocycles. The summed E-state index contributed by atoms with van der Waals surface area (Å²) in [6.45, 7) is 3.93. The van der Waals surface area contributed by atoms with Crippen LogP contribution in [0.5, 0.6) is 0 Å². The third-order valence-electron chi connectivity index (χ3n) is 4.61. The maximum atomic E-state index is 12.6. The number of rotatable bonds is 5. The summed E-state index contributed by atoms with van der Waals surface area (Å²) in [5, 5.41) is 3.33. The van der Waals surface area contributed by atoms with Crippen molar-refractivity contribution in [3.8, 4) is 0 Å². The van der Waals surface area contributed by atoms with E-state index in [1.165, 1.54) is 9.87 Å². The molecule has 1 aliphatic heterocycles. The van der Waals surface area contributed by atoms with E-state index in [1.54, 1.807) is 26.2 Å². The highest BCUT2D eigenvalue weighted by Crippen LogP contribution is 2.27. The largest absolute Gasteiger partial charge is 0.356 e. The molecule has 0 bridgehead atoms. The number of para-hydroxylation sites is 1. The predicted octanol–water partition coefficient (Wildman–Crippen LogP) is 2.47. The molecule has 1 N–H and O–H groups in total. The first-order valence-electron chi connectivity index (χ1n) is 9.09. The van der Waals surface area contributed by atoms with Crippen LogP contribution in [0.25, 0.3) is 0 Å². The molecular formula is C20H26N4O2S. The molecule has 0 spiro atoms. The van der Waals surface area contributed by atoms with Crippen LogP contribution in [0.3, 0.4) is 0 Å². The highest BCUT2D eigenvalue weighted by Gasteiger charge is 2.23. The summed E-state index contributed by atoms with van der Waals surface area (Å²) in [4.78, 5) is 7.22. The molecule has 0 aliphatic carbocycles. The zero-order valence-corrected chi connectivity index (χ0v) is 16.8. The van der Waals surface area contributed by atoms with E-state index in [9.17, 15) is 8.42 Å². The zero-order valence-electron chi connectivity index (χ0n) is 16.0. The second-order valence-electron chi connectivity index (χ2n) is 6.60. The molecule has 0 aromatic heterocycles. The van der Waals surface area contributed by atoms with E-state index in [-0.39, 0.29) is 0 Å². The van der Waals surface area contributed by atoms with Crippen molar-refractivity contribution in [1.29, 1.82) is 0 Å². The Balaban J connectivity index is 1.92. The molecule has 0 unspecified atom stereocenters. The van der Waals surface area contributed by atoms with Gasteiger partial charge in [0.25, 0.3) is 0 Å². The van der Waals surface area contributed by atoms with Crippen molar-refractivity contribution >= 4 is 21.7 Å². The number of guanidine groups is 1. The van der Waals surface area contributed by atoms with E-state index in [2.05, 4.69) is 28.4 Å². The van der Waals surface area contributed by atoms with Gasteiger partial charge in [-0.25, -0.2) is 17.7 Å². The van der Waals surface area contributed by atoms with Gasteiger partial charge in [0.2, 0.25) is 10.0 Å². The predicted molar refractivity (Wildman–Crippen MR) is 110 cm³/mol. The lowest BCUT2D eigenvalue weighted by Crippen LogP contribution is -2.40. The first-order valence-corrected chi connectivity index (χ1v) is 10.5. The first-order chi connectivity index (χ1) is 12.9. The number of nitrogens with zero attached hydrogens (tertiary/aromatic N) is 3. The Hall–Kier alpha value is -2.38. The van der Waals surface area contributed by atoms with E-state index in [1.807, 2.05) is 25.1 Å². The standard InChI is InChI=1S/C20H26N4O2S/c1-4-21-20(24-14-13-16-9-5-7-11-18(16)24)22-15-17-10-6-8-12-19(17)27(25,26)23(2)3/h5-12H,4,13-15H2,1-3H3,(H,21,22). The monoisotopic (exact) mass is 386 g/mol. The summed E-state index contributed by atoms with van der Waals surface area (Å²) in [5.41, 5.74) is 3.15. The number of anilines is 1. The fourth-order valence-corrected chi connectivity index (χ4v) is 4.30. The minimum atomic E-state index is -3.51. The van der Waals surface area contributed by atoms with Gasteiger partial charge in [0.1, 0.15) is 0 Å². The maximum Gasteiger partial charge on any atom is 0.242 e. The third-order valence-corrected chi connectivity index (χ3v) is 6.52. The third kappa shape index (κ3) is 3.99. The average Bonchev–Trinajstić information content (AvgIpc) is 3.09. The molecule has 1 aliphatic rings. The van der Waals surface area contributed by atoms with Crippen LogP contribution >= 0.6 is 0 Å². The second-order valence-corrected chi connectivity index (χ2v) is 8.72. The van der Waals surface area contributed by atoms with Gasteiger partial charge in [0.15, 0.2) is 5.96 Å². The van der Waals surface area contributed by atoms with Gasteiger partial charge in [-0.1, -0.05) is 36.4 Å². The Morgan fingerprint density at radius 1 is 1.15 bits per heavy atom. The summed E-state index contributed by atoms with van der Waals surface area (Å²) in [6.07, 6.45) is 0.978. The minimum Gasteiger partial charge on any atom is -0.356 e. The summed E-state index contributed by atoms with van der Waals surface area (Å²) in [6, 6.07) is 15.4. The van der Waals surface area contributed by atoms with Crippen molar-refractivity contribution in [1.82, 2.24) is 9.62 Å². The van der Waals surface area contributed by atoms with Gasteiger partial charge in [0.05, 0.1) is 11.4 Å². The van der Waals surface area contributed by atoms with Gasteiger partial charge < -0.3 is 10.2 Å². The van der Waals surface area contributed by atoms with Crippen LogP contribution in [0.4, 0.5) is 5.69 Å². The second kappa shape index (κ2) is 8.10. The van der Waals surface area contributed by atoms with E-state index >= 15 is 0 Å². The number of aliphatic imine (C=N–C) groups is 1. The molecule has 144 valence electrons. The SMILES string of the molecule is CCNC(=NCc1ccccc1S(=O)(=O)N(C)C)N1CCc2ccccc21. The van der Waals surface area contributed by atoms with Crippen LogP contribution in [-0.4, -0.2) is 45.9 Å². The molecule has 0 atom stereocenters. The summed E-state index contributed by atoms with van der Waals surface area (Å²) in [7, 11) is -0.421. The first kappa shape index (κ1) is 19.4. The van der Waals surface area contributed by atoms with Crippen LogP contribution < -0.4 is 10.2 Å². The Morgan fingerprint density at radius 3 is 2.59 bits per heavy atom. The zero-order chi connectivity index (χ0) is 19.4. The van der Waals surface area contributed by atoms with Crippen molar-refractivity contribution < 1.29 is 8.42 Å². The maximum absolute atomic E-state index is 12.6. The minimum absolute atomic E-state index is 0.296. The van der Waals surface area contributed by atoms with Crippen molar-refractivity contribution in [2.75, 3.05) is 32.1 Å². The number of hydrogen-bond donors (Lipinski definition) is 1. The van der Waals surface area contributed by atoms with Crippen LogP contribution in [-0.2, 0) is 23.0 Å². The molecule has 27 heavy (non-hydrogen) atoms. The van der Waals surface area contributed by atoms with Crippen molar-refractivity contribution in [3.63, 3.8) is 0 Å². The topological polar surface area (TPSA) is 65.0 Å². The van der Waals surface area contributed by atoms with Crippen molar-refractivity contribution in [3.05, 3.63) is 59.7 Å². The lowest BCUT2D eigenvalue weighted by atomic mass is 10.2. The molecular weight excluding hydrogens is 360 g/mol. The van der Waals surface area contributed by atoms with Gasteiger partial charge in [-0.3, -0.25) is 0 Å². The molecule has 1 heterocycles. The van der Waals surface area contributed by atoms with Gasteiger partial charge in [-0.15, -0.1) is 0 Å².